The Balaban J connectivity index is 1.62. The Bertz CT molecular complexity index is 1320. The van der Waals surface area contributed by atoms with Crippen molar-refractivity contribution in [2.75, 3.05) is 25.5 Å². The molecule has 0 amide bonds. The van der Waals surface area contributed by atoms with Gasteiger partial charge < -0.3 is 20.5 Å². The first-order valence-electron chi connectivity index (χ1n) is 11.3. The average Bonchev–Trinajstić information content (AvgIpc) is 2.95. The highest BCUT2D eigenvalue weighted by Crippen LogP contribution is 2.34. The van der Waals surface area contributed by atoms with Crippen molar-refractivity contribution in [3.05, 3.63) is 65.5 Å². The number of fused-ring (bicyclic) bond motifs is 1. The van der Waals surface area contributed by atoms with E-state index in [0.717, 1.165) is 11.1 Å². The fourth-order valence-corrected chi connectivity index (χ4v) is 5.49. The van der Waals surface area contributed by atoms with E-state index in [4.69, 9.17) is 5.32 Å². The maximum Gasteiger partial charge on any atom is 0.418 e. The van der Waals surface area contributed by atoms with E-state index >= 15 is 0 Å². The van der Waals surface area contributed by atoms with Gasteiger partial charge in [-0.25, -0.2) is 8.42 Å². The third-order valence-electron chi connectivity index (χ3n) is 7.03. The number of benzene rings is 2. The van der Waals surface area contributed by atoms with Crippen LogP contribution >= 0.6 is 0 Å². The number of hydrogen-bond donors (Lipinski definition) is 2. The Labute approximate surface area is 201 Å². The van der Waals surface area contributed by atoms with Crippen LogP contribution in [0.15, 0.2) is 53.4 Å². The van der Waals surface area contributed by atoms with Gasteiger partial charge in [0.2, 0.25) is 10.0 Å². The second-order valence-electron chi connectivity index (χ2n) is 9.98. The van der Waals surface area contributed by atoms with Crippen LogP contribution in [0.3, 0.4) is 0 Å². The fraction of sp³-hybridized carbons (Fsp3) is 0.400. The molecule has 1 saturated heterocycles. The largest absolute Gasteiger partial charge is 0.635 e. The van der Waals surface area contributed by atoms with Gasteiger partial charge in [-0.05, 0) is 30.6 Å². The molecular weight excluding hydrogens is 450 g/mol. The molecule has 2 unspecified atom stereocenters. The van der Waals surface area contributed by atoms with Gasteiger partial charge in [0, 0.05) is 30.6 Å². The Morgan fingerprint density at radius 3 is 2.47 bits per heavy atom. The molecule has 180 valence electrons. The lowest BCUT2D eigenvalue weighted by Gasteiger charge is -2.44. The van der Waals surface area contributed by atoms with Gasteiger partial charge in [-0.3, -0.25) is 0 Å². The van der Waals surface area contributed by atoms with Gasteiger partial charge in [-0.2, -0.15) is 4.72 Å². The molecule has 2 aromatic carbocycles. The van der Waals surface area contributed by atoms with Crippen LogP contribution in [-0.4, -0.2) is 57.7 Å². The minimum atomic E-state index is -3.81. The van der Waals surface area contributed by atoms with Crippen molar-refractivity contribution in [2.45, 2.75) is 49.8 Å². The smallest absolute Gasteiger partial charge is 0.418 e. The summed E-state index contributed by atoms with van der Waals surface area (Å²) in [6.45, 7) is 7.72. The first-order valence-corrected chi connectivity index (χ1v) is 12.7. The van der Waals surface area contributed by atoms with E-state index in [2.05, 4.69) is 9.39 Å². The summed E-state index contributed by atoms with van der Waals surface area (Å²) in [5, 5.41) is 19.3. The van der Waals surface area contributed by atoms with Crippen molar-refractivity contribution >= 4 is 37.9 Å². The number of hydrogen-bond acceptors (Lipinski definition) is 4. The molecule has 0 spiro atoms. The molecule has 0 radical (unpaired) electrons. The maximum atomic E-state index is 13.2. The van der Waals surface area contributed by atoms with Crippen LogP contribution in [-0.2, 0) is 10.0 Å². The molecule has 2 N–H and O–H groups in total. The number of sulfonamides is 1. The predicted octanol–water partition coefficient (Wildman–Crippen LogP) is 1.56. The summed E-state index contributed by atoms with van der Waals surface area (Å²) in [7, 11) is 0.0479. The molecule has 9 heteroatoms. The van der Waals surface area contributed by atoms with E-state index in [1.165, 1.54) is 0 Å². The number of nitrogens with zero attached hydrogens (tertiary/aromatic N) is 3. The van der Waals surface area contributed by atoms with E-state index in [1.807, 2.05) is 71.0 Å². The van der Waals surface area contributed by atoms with Crippen LogP contribution in [0, 0.1) is 11.6 Å². The van der Waals surface area contributed by atoms with Crippen LogP contribution in [0.1, 0.15) is 27.7 Å². The van der Waals surface area contributed by atoms with Crippen molar-refractivity contribution in [1.82, 2.24) is 9.39 Å². The molecule has 0 aliphatic carbocycles. The zero-order chi connectivity index (χ0) is 24.9. The van der Waals surface area contributed by atoms with Crippen molar-refractivity contribution in [2.24, 2.45) is 0 Å². The Morgan fingerprint density at radius 2 is 1.82 bits per heavy atom. The maximum absolute atomic E-state index is 13.2. The first-order chi connectivity index (χ1) is 15.8. The molecule has 0 bridgehead atoms. The predicted molar refractivity (Wildman–Crippen MR) is 139 cm³/mol. The molecule has 0 aromatic heterocycles. The topological polar surface area (TPSA) is 105 Å². The van der Waals surface area contributed by atoms with Crippen LogP contribution < -0.4 is 19.4 Å². The quantitative estimate of drug-likeness (QED) is 0.370. The average molecular weight is 483 g/mol. The summed E-state index contributed by atoms with van der Waals surface area (Å²) in [5.74, 6) is 0. The molecule has 2 heterocycles. The molecule has 1 fully saturated rings. The Kier molecular flexibility index (Phi) is 6.14. The zero-order valence-corrected chi connectivity index (χ0v) is 21.3. The standard InChI is InChI=1S/C25H32N5O3S/c1-24(2)25(3,4)30(31)23(28-24)20-13-7-10-17(27-20)16-26-34(32,33)22-15-9-11-18-19(22)12-8-14-21(18)29(5)6/h7-15,23,26,30H,16H2,1-6H3/q+1. The van der Waals surface area contributed by atoms with Crippen molar-refractivity contribution in [3.8, 4) is 0 Å². The molecule has 0 saturated carbocycles. The fourth-order valence-electron chi connectivity index (χ4n) is 4.27. The SMILES string of the molecule is CN(C)c1cccc2c(S(=O)(=O)NCC3=[N+]=C(C4[N-]C(C)(C)C(C)(C)[NH+]4[O-])C=C[CH+]3)cccc12. The summed E-state index contributed by atoms with van der Waals surface area (Å²) in [6.07, 6.45) is 4.65. The number of anilines is 1. The second-order valence-corrected chi connectivity index (χ2v) is 11.7. The number of allylic oxidation sites excluding steroid dienone is 1. The highest BCUT2D eigenvalue weighted by Gasteiger charge is 2.49. The Hall–Kier alpha value is -2.65. The minimum absolute atomic E-state index is 0.00757. The number of nitrogens with one attached hydrogen (secondary N) is 2. The van der Waals surface area contributed by atoms with Gasteiger partial charge in [0.05, 0.1) is 10.4 Å². The van der Waals surface area contributed by atoms with Gasteiger partial charge in [-0.15, -0.1) is 0 Å². The van der Waals surface area contributed by atoms with E-state index in [0.29, 0.717) is 16.8 Å². The van der Waals surface area contributed by atoms with Crippen LogP contribution in [0.5, 0.6) is 0 Å². The molecule has 4 rings (SSSR count). The van der Waals surface area contributed by atoms with Crippen molar-refractivity contribution in [3.63, 3.8) is 0 Å². The minimum Gasteiger partial charge on any atom is -0.635 e. The summed E-state index contributed by atoms with van der Waals surface area (Å²) in [5.41, 5.74) is 0.909. The monoisotopic (exact) mass is 482 g/mol. The lowest BCUT2D eigenvalue weighted by Crippen LogP contribution is -3.18. The van der Waals surface area contributed by atoms with Gasteiger partial charge >= 0.3 is 11.4 Å². The number of quaternary nitrogens is 1. The number of hydroxylamine groups is 2. The van der Waals surface area contributed by atoms with Gasteiger partial charge in [0.15, 0.2) is 12.5 Å². The molecule has 2 aliphatic heterocycles. The second kappa shape index (κ2) is 8.53. The van der Waals surface area contributed by atoms with Gasteiger partial charge in [0.25, 0.3) is 0 Å². The lowest BCUT2D eigenvalue weighted by atomic mass is 9.84. The molecule has 34 heavy (non-hydrogen) atoms. The molecule has 2 atom stereocenters. The highest BCUT2D eigenvalue weighted by molar-refractivity contribution is 7.89. The normalized spacial score (nSPS) is 23.4. The van der Waals surface area contributed by atoms with Crippen molar-refractivity contribution in [1.29, 1.82) is 0 Å². The lowest BCUT2D eigenvalue weighted by molar-refractivity contribution is -0.900. The summed E-state index contributed by atoms with van der Waals surface area (Å²) < 4.78 is 33.7. The van der Waals surface area contributed by atoms with Crippen molar-refractivity contribution < 1.29 is 13.5 Å². The third kappa shape index (κ3) is 4.15. The molecule has 2 aliphatic rings. The first kappa shape index (κ1) is 24.5. The van der Waals surface area contributed by atoms with Crippen LogP contribution in [0.4, 0.5) is 5.69 Å². The molecular formula is C25H32N5O3S+. The molecule has 2 aromatic rings. The highest BCUT2D eigenvalue weighted by atomic mass is 32.2. The van der Waals surface area contributed by atoms with E-state index < -0.39 is 27.3 Å². The molecule has 8 nitrogen and oxygen atoms in total. The van der Waals surface area contributed by atoms with Crippen LogP contribution in [0.2, 0.25) is 0 Å². The zero-order valence-electron chi connectivity index (χ0n) is 20.5. The van der Waals surface area contributed by atoms with E-state index in [9.17, 15) is 13.6 Å². The van der Waals surface area contributed by atoms with E-state index in [1.54, 1.807) is 30.7 Å². The number of rotatable bonds is 6. The third-order valence-corrected chi connectivity index (χ3v) is 8.49. The van der Waals surface area contributed by atoms with Gasteiger partial charge in [0.1, 0.15) is 18.8 Å². The van der Waals surface area contributed by atoms with Crippen LogP contribution in [0.25, 0.3) is 16.1 Å². The summed E-state index contributed by atoms with van der Waals surface area (Å²) in [4.78, 5) is 2.17. The van der Waals surface area contributed by atoms with Gasteiger partial charge in [-0.1, -0.05) is 43.7 Å². The van der Waals surface area contributed by atoms with E-state index in [-0.39, 0.29) is 16.5 Å². The Morgan fingerprint density at radius 1 is 1.15 bits per heavy atom. The summed E-state index contributed by atoms with van der Waals surface area (Å²) in [6, 6.07) is 10.9. The summed E-state index contributed by atoms with van der Waals surface area (Å²) >= 11 is 0.